The molecule has 0 fully saturated rings. The molecule has 2 rings (SSSR count). The zero-order valence-corrected chi connectivity index (χ0v) is 10.8. The van der Waals surface area contributed by atoms with Gasteiger partial charge in [-0.2, -0.15) is 0 Å². The van der Waals surface area contributed by atoms with Crippen LogP contribution in [0.15, 0.2) is 48.5 Å². The fraction of sp³-hybridized carbons (Fsp3) is 0.143. The summed E-state index contributed by atoms with van der Waals surface area (Å²) in [5.41, 5.74) is 1.70. The Labute approximate surface area is 108 Å². The molecule has 0 atom stereocenters. The van der Waals surface area contributed by atoms with Crippen molar-refractivity contribution in [1.29, 1.82) is 0 Å². The minimum absolute atomic E-state index is 0.232. The van der Waals surface area contributed by atoms with Gasteiger partial charge >= 0.3 is 0 Å². The summed E-state index contributed by atoms with van der Waals surface area (Å²) in [6.07, 6.45) is 0. The highest BCUT2D eigenvalue weighted by atomic mass is 79.9. The molecule has 0 saturated carbocycles. The number of hydrogen-bond donors (Lipinski definition) is 0. The van der Waals surface area contributed by atoms with E-state index in [0.29, 0.717) is 5.56 Å². The molecule has 0 saturated heterocycles. The first-order valence-corrected chi connectivity index (χ1v) is 6.43. The smallest absolute Gasteiger partial charge is 0.129 e. The molecule has 17 heavy (non-hydrogen) atoms. The summed E-state index contributed by atoms with van der Waals surface area (Å²) in [4.78, 5) is 0. The van der Waals surface area contributed by atoms with Gasteiger partial charge in [-0.3, -0.25) is 0 Å². The van der Waals surface area contributed by atoms with Crippen molar-refractivity contribution in [1.82, 2.24) is 0 Å². The number of rotatable bonds is 4. The van der Waals surface area contributed by atoms with Gasteiger partial charge in [0.05, 0.1) is 0 Å². The Hall–Kier alpha value is -1.35. The third-order valence-electron chi connectivity index (χ3n) is 2.40. The van der Waals surface area contributed by atoms with Gasteiger partial charge in [-0.25, -0.2) is 4.39 Å². The highest BCUT2D eigenvalue weighted by Gasteiger charge is 2.02. The lowest BCUT2D eigenvalue weighted by Crippen LogP contribution is -1.98. The Morgan fingerprint density at radius 3 is 2.65 bits per heavy atom. The van der Waals surface area contributed by atoms with Gasteiger partial charge in [0, 0.05) is 10.9 Å². The monoisotopic (exact) mass is 294 g/mol. The molecule has 0 unspecified atom stereocenters. The summed E-state index contributed by atoms with van der Waals surface area (Å²) in [5, 5.41) is 0.782. The lowest BCUT2D eigenvalue weighted by Gasteiger charge is -2.07. The SMILES string of the molecule is Fc1ccccc1COc1cccc(CBr)c1. The van der Waals surface area contributed by atoms with Crippen LogP contribution in [0.25, 0.3) is 0 Å². The van der Waals surface area contributed by atoms with Gasteiger partial charge in [0.15, 0.2) is 0 Å². The van der Waals surface area contributed by atoms with Gasteiger partial charge in [-0.1, -0.05) is 46.3 Å². The number of ether oxygens (including phenoxy) is 1. The van der Waals surface area contributed by atoms with Crippen molar-refractivity contribution in [3.05, 3.63) is 65.5 Å². The topological polar surface area (TPSA) is 9.23 Å². The van der Waals surface area contributed by atoms with Crippen molar-refractivity contribution in [2.75, 3.05) is 0 Å². The first-order chi connectivity index (χ1) is 8.29. The average molecular weight is 295 g/mol. The molecule has 2 aromatic rings. The molecule has 3 heteroatoms. The minimum Gasteiger partial charge on any atom is -0.489 e. The quantitative estimate of drug-likeness (QED) is 0.764. The van der Waals surface area contributed by atoms with Gasteiger partial charge in [0.1, 0.15) is 18.2 Å². The molecule has 0 spiro atoms. The maximum absolute atomic E-state index is 13.4. The second kappa shape index (κ2) is 5.82. The lowest BCUT2D eigenvalue weighted by atomic mass is 10.2. The molecular weight excluding hydrogens is 283 g/mol. The van der Waals surface area contributed by atoms with E-state index in [2.05, 4.69) is 15.9 Å². The highest BCUT2D eigenvalue weighted by molar-refractivity contribution is 9.08. The second-order valence-electron chi connectivity index (χ2n) is 3.66. The molecule has 0 aliphatic rings. The second-order valence-corrected chi connectivity index (χ2v) is 4.22. The average Bonchev–Trinajstić information content (AvgIpc) is 2.38. The van der Waals surface area contributed by atoms with Crippen molar-refractivity contribution < 1.29 is 9.13 Å². The van der Waals surface area contributed by atoms with E-state index in [1.807, 2.05) is 24.3 Å². The molecule has 0 heterocycles. The third-order valence-corrected chi connectivity index (χ3v) is 3.05. The van der Waals surface area contributed by atoms with E-state index < -0.39 is 0 Å². The van der Waals surface area contributed by atoms with E-state index >= 15 is 0 Å². The van der Waals surface area contributed by atoms with Gasteiger partial charge in [0.2, 0.25) is 0 Å². The molecule has 0 aromatic heterocycles. The van der Waals surface area contributed by atoms with Crippen molar-refractivity contribution in [3.8, 4) is 5.75 Å². The maximum atomic E-state index is 13.4. The summed E-state index contributed by atoms with van der Waals surface area (Å²) in [5.74, 6) is 0.523. The van der Waals surface area contributed by atoms with Crippen LogP contribution in [0.4, 0.5) is 4.39 Å². The normalized spacial score (nSPS) is 10.2. The Morgan fingerprint density at radius 2 is 1.88 bits per heavy atom. The number of alkyl halides is 1. The van der Waals surface area contributed by atoms with E-state index in [9.17, 15) is 4.39 Å². The van der Waals surface area contributed by atoms with Crippen LogP contribution in [0.5, 0.6) is 5.75 Å². The molecule has 2 aromatic carbocycles. The maximum Gasteiger partial charge on any atom is 0.129 e. The molecule has 0 aliphatic carbocycles. The van der Waals surface area contributed by atoms with Crippen LogP contribution >= 0.6 is 15.9 Å². The first kappa shape index (κ1) is 12.1. The predicted molar refractivity (Wildman–Crippen MR) is 69.8 cm³/mol. The molecule has 0 aliphatic heterocycles. The summed E-state index contributed by atoms with van der Waals surface area (Å²) >= 11 is 3.38. The summed E-state index contributed by atoms with van der Waals surface area (Å²) < 4.78 is 18.9. The van der Waals surface area contributed by atoms with Gasteiger partial charge < -0.3 is 4.74 Å². The largest absolute Gasteiger partial charge is 0.489 e. The molecule has 0 radical (unpaired) electrons. The molecule has 1 nitrogen and oxygen atoms in total. The summed E-state index contributed by atoms with van der Waals surface area (Å²) in [6, 6.07) is 14.4. The van der Waals surface area contributed by atoms with Crippen LogP contribution in [0.3, 0.4) is 0 Å². The van der Waals surface area contributed by atoms with Crippen LogP contribution < -0.4 is 4.74 Å². The van der Waals surface area contributed by atoms with E-state index in [1.165, 1.54) is 6.07 Å². The molecule has 0 N–H and O–H groups in total. The van der Waals surface area contributed by atoms with Crippen molar-refractivity contribution in [2.24, 2.45) is 0 Å². The van der Waals surface area contributed by atoms with E-state index in [4.69, 9.17) is 4.74 Å². The summed E-state index contributed by atoms with van der Waals surface area (Å²) in [7, 11) is 0. The van der Waals surface area contributed by atoms with E-state index in [-0.39, 0.29) is 12.4 Å². The Kier molecular flexibility index (Phi) is 4.15. The van der Waals surface area contributed by atoms with Gasteiger partial charge in [-0.05, 0) is 23.8 Å². The number of benzene rings is 2. The van der Waals surface area contributed by atoms with Crippen LogP contribution in [-0.2, 0) is 11.9 Å². The van der Waals surface area contributed by atoms with Crippen LogP contribution in [0.2, 0.25) is 0 Å². The molecular formula is C14H12BrFO. The molecule has 0 bridgehead atoms. The number of halogens is 2. The van der Waals surface area contributed by atoms with E-state index in [0.717, 1.165) is 16.6 Å². The van der Waals surface area contributed by atoms with Crippen LogP contribution in [0, 0.1) is 5.82 Å². The minimum atomic E-state index is -0.232. The van der Waals surface area contributed by atoms with Gasteiger partial charge in [-0.15, -0.1) is 0 Å². The van der Waals surface area contributed by atoms with Crippen molar-refractivity contribution >= 4 is 15.9 Å². The Bertz CT molecular complexity index is 499. The third kappa shape index (κ3) is 3.30. The van der Waals surface area contributed by atoms with Crippen LogP contribution in [0.1, 0.15) is 11.1 Å². The Morgan fingerprint density at radius 1 is 1.06 bits per heavy atom. The predicted octanol–water partition coefficient (Wildman–Crippen LogP) is 4.30. The zero-order chi connectivity index (χ0) is 12.1. The molecule has 0 amide bonds. The van der Waals surface area contributed by atoms with E-state index in [1.54, 1.807) is 18.2 Å². The fourth-order valence-corrected chi connectivity index (χ4v) is 1.84. The highest BCUT2D eigenvalue weighted by Crippen LogP contribution is 2.17. The van der Waals surface area contributed by atoms with Crippen molar-refractivity contribution in [3.63, 3.8) is 0 Å². The van der Waals surface area contributed by atoms with Crippen molar-refractivity contribution in [2.45, 2.75) is 11.9 Å². The molecule has 88 valence electrons. The zero-order valence-electron chi connectivity index (χ0n) is 9.20. The lowest BCUT2D eigenvalue weighted by molar-refractivity contribution is 0.299. The first-order valence-electron chi connectivity index (χ1n) is 5.30. The fourth-order valence-electron chi connectivity index (χ4n) is 1.49. The van der Waals surface area contributed by atoms with Crippen LogP contribution in [-0.4, -0.2) is 0 Å². The summed E-state index contributed by atoms with van der Waals surface area (Å²) in [6.45, 7) is 0.248. The number of hydrogen-bond acceptors (Lipinski definition) is 1. The standard InChI is InChI=1S/C14H12BrFO/c15-9-11-4-3-6-13(8-11)17-10-12-5-1-2-7-14(12)16/h1-8H,9-10H2. The van der Waals surface area contributed by atoms with Gasteiger partial charge in [0.25, 0.3) is 0 Å². The Balaban J connectivity index is 2.05.